The molecule has 0 aliphatic carbocycles. The Labute approximate surface area is 203 Å². The van der Waals surface area contributed by atoms with Crippen LogP contribution in [-0.4, -0.2) is 48.4 Å². The molecule has 188 valence electrons. The fourth-order valence-corrected chi connectivity index (χ4v) is 4.01. The molecule has 10 nitrogen and oxygen atoms in total. The molecule has 12 heteroatoms. The highest BCUT2D eigenvalue weighted by Crippen LogP contribution is 2.24. The van der Waals surface area contributed by atoms with Gasteiger partial charge in [0, 0.05) is 29.7 Å². The van der Waals surface area contributed by atoms with E-state index in [9.17, 15) is 23.2 Å². The van der Waals surface area contributed by atoms with E-state index < -0.39 is 36.6 Å². The van der Waals surface area contributed by atoms with Crippen molar-refractivity contribution in [2.45, 2.75) is 40.0 Å². The number of hydrogen-bond acceptors (Lipinski definition) is 7. The Hall–Kier alpha value is -4.35. The van der Waals surface area contributed by atoms with Crippen LogP contribution in [0.25, 0.3) is 16.7 Å². The van der Waals surface area contributed by atoms with Crippen molar-refractivity contribution in [3.05, 3.63) is 70.2 Å². The number of rotatable bonds is 8. The zero-order valence-corrected chi connectivity index (χ0v) is 19.9. The smallest absolute Gasteiger partial charge is 0.387 e. The van der Waals surface area contributed by atoms with Crippen LogP contribution >= 0.6 is 0 Å². The number of fused-ring (bicyclic) bond motifs is 1. The first kappa shape index (κ1) is 24.8. The molecule has 4 rings (SSSR count). The molecule has 3 heterocycles. The van der Waals surface area contributed by atoms with Crippen molar-refractivity contribution >= 4 is 22.8 Å². The van der Waals surface area contributed by atoms with Crippen LogP contribution in [0.15, 0.2) is 47.7 Å². The summed E-state index contributed by atoms with van der Waals surface area (Å²) in [5.74, 6) is -1.18. The van der Waals surface area contributed by atoms with Crippen molar-refractivity contribution in [3.8, 4) is 11.4 Å². The summed E-state index contributed by atoms with van der Waals surface area (Å²) in [6.07, 6.45) is 1.48. The summed E-state index contributed by atoms with van der Waals surface area (Å²) in [6.45, 7) is 1.63. The Bertz CT molecular complexity index is 1500. The third kappa shape index (κ3) is 4.74. The van der Waals surface area contributed by atoms with Crippen LogP contribution in [-0.2, 0) is 23.1 Å². The van der Waals surface area contributed by atoms with Gasteiger partial charge in [-0.2, -0.15) is 13.9 Å². The second-order valence-corrected chi connectivity index (χ2v) is 8.17. The number of carbonyl (C=O) groups excluding carboxylic acids is 2. The maximum absolute atomic E-state index is 13.1. The predicted molar refractivity (Wildman–Crippen MR) is 125 cm³/mol. The average Bonchev–Trinajstić information content (AvgIpc) is 3.34. The fourth-order valence-electron chi connectivity index (χ4n) is 4.01. The topological polar surface area (TPSA) is 110 Å². The third-order valence-corrected chi connectivity index (χ3v) is 5.71. The van der Waals surface area contributed by atoms with Crippen LogP contribution in [0, 0.1) is 13.8 Å². The van der Waals surface area contributed by atoms with Gasteiger partial charge in [-0.15, -0.1) is 0 Å². The van der Waals surface area contributed by atoms with Gasteiger partial charge in [-0.25, -0.2) is 4.98 Å². The minimum absolute atomic E-state index is 0.0185. The molecule has 1 unspecified atom stereocenters. The lowest BCUT2D eigenvalue weighted by atomic mass is 10.1. The molecule has 0 saturated heterocycles. The first-order valence-electron chi connectivity index (χ1n) is 10.9. The molecule has 4 aromatic rings. The Morgan fingerprint density at radius 2 is 1.83 bits per heavy atom. The van der Waals surface area contributed by atoms with E-state index in [1.54, 1.807) is 43.7 Å². The fraction of sp³-hybridized carbons (Fsp3) is 0.292. The number of halogens is 2. The van der Waals surface area contributed by atoms with Crippen LogP contribution in [0.1, 0.15) is 28.7 Å². The van der Waals surface area contributed by atoms with E-state index in [1.807, 2.05) is 0 Å². The van der Waals surface area contributed by atoms with Crippen molar-refractivity contribution < 1.29 is 27.8 Å². The van der Waals surface area contributed by atoms with Gasteiger partial charge in [-0.1, -0.05) is 0 Å². The summed E-state index contributed by atoms with van der Waals surface area (Å²) < 4.78 is 38.8. The second-order valence-electron chi connectivity index (χ2n) is 8.17. The van der Waals surface area contributed by atoms with Crippen molar-refractivity contribution in [2.75, 3.05) is 0 Å². The van der Waals surface area contributed by atoms with E-state index in [0.29, 0.717) is 22.6 Å². The largest absolute Gasteiger partial charge is 0.453 e. The molecule has 0 saturated carbocycles. The van der Waals surface area contributed by atoms with Gasteiger partial charge >= 0.3 is 12.6 Å². The van der Waals surface area contributed by atoms with Crippen molar-refractivity contribution in [1.29, 1.82) is 0 Å². The maximum atomic E-state index is 13.1. The molecular weight excluding hydrogens is 476 g/mol. The van der Waals surface area contributed by atoms with Crippen LogP contribution in [0.5, 0.6) is 5.75 Å². The van der Waals surface area contributed by atoms with E-state index in [2.05, 4.69) is 14.8 Å². The molecule has 0 aliphatic heterocycles. The van der Waals surface area contributed by atoms with E-state index in [0.717, 1.165) is 10.3 Å². The molecule has 0 radical (unpaired) electrons. The van der Waals surface area contributed by atoms with Crippen LogP contribution < -0.4 is 10.3 Å². The minimum Gasteiger partial charge on any atom is -0.453 e. The summed E-state index contributed by atoms with van der Waals surface area (Å²) in [4.78, 5) is 42.3. The molecule has 1 aromatic carbocycles. The van der Waals surface area contributed by atoms with Gasteiger partial charge in [-0.3, -0.25) is 23.6 Å². The van der Waals surface area contributed by atoms with Gasteiger partial charge in [-0.05, 0) is 51.1 Å². The lowest BCUT2D eigenvalue weighted by Crippen LogP contribution is -2.30. The lowest BCUT2D eigenvalue weighted by Gasteiger charge is -2.14. The van der Waals surface area contributed by atoms with Gasteiger partial charge in [0.05, 0.1) is 6.20 Å². The molecule has 1 atom stereocenters. The van der Waals surface area contributed by atoms with Crippen LogP contribution in [0.2, 0.25) is 0 Å². The Balaban J connectivity index is 1.48. The van der Waals surface area contributed by atoms with Gasteiger partial charge in [0.2, 0.25) is 5.78 Å². The van der Waals surface area contributed by atoms with Gasteiger partial charge in [0.1, 0.15) is 24.0 Å². The number of nitrogens with zero attached hydrogens (tertiary/aromatic N) is 5. The van der Waals surface area contributed by atoms with Crippen LogP contribution in [0.4, 0.5) is 8.78 Å². The minimum atomic E-state index is -2.92. The predicted octanol–water partition coefficient (Wildman–Crippen LogP) is 2.95. The monoisotopic (exact) mass is 499 g/mol. The molecule has 0 aliphatic rings. The number of benzene rings is 1. The quantitative estimate of drug-likeness (QED) is 0.271. The normalized spacial score (nSPS) is 12.2. The number of carbonyl (C=O) groups is 2. The number of hydrogen-bond donors (Lipinski definition) is 0. The number of ketones is 1. The number of esters is 1. The number of aromatic nitrogens is 5. The molecule has 36 heavy (non-hydrogen) atoms. The molecule has 0 fully saturated rings. The third-order valence-electron chi connectivity index (χ3n) is 5.71. The molecule has 0 N–H and O–H groups in total. The second kappa shape index (κ2) is 9.72. The van der Waals surface area contributed by atoms with E-state index in [-0.39, 0.29) is 11.1 Å². The first-order chi connectivity index (χ1) is 17.1. The molecule has 0 amide bonds. The zero-order valence-electron chi connectivity index (χ0n) is 19.9. The standard InChI is InChI=1S/C24H23F2N5O5/c1-13-9-18(14(2)31(13)16-5-7-17(8-6-16)36-24(25)26)21(33)15(3)35-20(32)11-30-12-27-22-19(23(30)34)10-28-29(22)4/h5-10,12,15,24H,11H2,1-4H3. The van der Waals surface area contributed by atoms with E-state index in [1.165, 1.54) is 36.3 Å². The SMILES string of the molecule is Cc1cc(C(=O)C(C)OC(=O)Cn2cnc3c(cnn3C)c2=O)c(C)n1-c1ccc(OC(F)F)cc1. The number of alkyl halides is 2. The summed E-state index contributed by atoms with van der Waals surface area (Å²) in [5.41, 5.74) is 2.24. The molecule has 0 spiro atoms. The summed E-state index contributed by atoms with van der Waals surface area (Å²) in [6, 6.07) is 7.68. The van der Waals surface area contributed by atoms with Crippen molar-refractivity contribution in [2.24, 2.45) is 7.05 Å². The highest BCUT2D eigenvalue weighted by atomic mass is 19.3. The molecule has 0 bridgehead atoms. The molecule has 3 aromatic heterocycles. The number of Topliss-reactive ketones (excluding diaryl/α,β-unsaturated/α-hetero) is 1. The van der Waals surface area contributed by atoms with E-state index in [4.69, 9.17) is 4.74 Å². The average molecular weight is 499 g/mol. The van der Waals surface area contributed by atoms with Gasteiger partial charge in [0.15, 0.2) is 11.8 Å². The molecular formula is C24H23F2N5O5. The first-order valence-corrected chi connectivity index (χ1v) is 10.9. The summed E-state index contributed by atoms with van der Waals surface area (Å²) in [7, 11) is 1.65. The lowest BCUT2D eigenvalue weighted by molar-refractivity contribution is -0.147. The summed E-state index contributed by atoms with van der Waals surface area (Å²) >= 11 is 0. The Morgan fingerprint density at radius 3 is 2.50 bits per heavy atom. The maximum Gasteiger partial charge on any atom is 0.387 e. The van der Waals surface area contributed by atoms with Gasteiger partial charge < -0.3 is 14.0 Å². The number of aryl methyl sites for hydroxylation is 2. The highest BCUT2D eigenvalue weighted by molar-refractivity contribution is 6.01. The van der Waals surface area contributed by atoms with Crippen molar-refractivity contribution in [3.63, 3.8) is 0 Å². The van der Waals surface area contributed by atoms with E-state index >= 15 is 0 Å². The van der Waals surface area contributed by atoms with Gasteiger partial charge in [0.25, 0.3) is 5.56 Å². The number of ether oxygens (including phenoxy) is 2. The summed E-state index contributed by atoms with van der Waals surface area (Å²) in [5, 5.41) is 4.24. The highest BCUT2D eigenvalue weighted by Gasteiger charge is 2.25. The Morgan fingerprint density at radius 1 is 1.14 bits per heavy atom. The van der Waals surface area contributed by atoms with Crippen molar-refractivity contribution in [1.82, 2.24) is 23.9 Å². The Kier molecular flexibility index (Phi) is 6.69. The van der Waals surface area contributed by atoms with Crippen LogP contribution in [0.3, 0.4) is 0 Å². The zero-order chi connectivity index (χ0) is 26.1.